The van der Waals surface area contributed by atoms with E-state index in [2.05, 4.69) is 28.2 Å². The summed E-state index contributed by atoms with van der Waals surface area (Å²) in [6.45, 7) is 7.86. The molecule has 3 heteroatoms. The van der Waals surface area contributed by atoms with Crippen molar-refractivity contribution in [2.24, 2.45) is 0 Å². The molecule has 0 aromatic carbocycles. The molecule has 0 radical (unpaired) electrons. The Bertz CT molecular complexity index is 305. The van der Waals surface area contributed by atoms with Crippen molar-refractivity contribution in [2.45, 2.75) is 13.3 Å². The Morgan fingerprint density at radius 3 is 2.93 bits per heavy atom. The van der Waals surface area contributed by atoms with Gasteiger partial charge in [0.05, 0.1) is 0 Å². The average molecular weight is 205 g/mol. The van der Waals surface area contributed by atoms with Gasteiger partial charge < -0.3 is 10.2 Å². The molecule has 3 nitrogen and oxygen atoms in total. The number of hydrogen-bond donors (Lipinski definition) is 1. The largest absolute Gasteiger partial charge is 0.314 e. The maximum atomic E-state index is 4.38. The first kappa shape index (κ1) is 10.6. The van der Waals surface area contributed by atoms with E-state index in [1.54, 1.807) is 0 Å². The highest BCUT2D eigenvalue weighted by Crippen LogP contribution is 2.02. The topological polar surface area (TPSA) is 28.2 Å². The molecular formula is C12H19N3. The van der Waals surface area contributed by atoms with Crippen molar-refractivity contribution >= 4 is 0 Å². The fraction of sp³-hybridized carbons (Fsp3) is 0.583. The molecule has 1 aromatic rings. The van der Waals surface area contributed by atoms with Crippen LogP contribution in [0.15, 0.2) is 18.3 Å². The van der Waals surface area contributed by atoms with E-state index in [1.807, 2.05) is 12.3 Å². The Kier molecular flexibility index (Phi) is 3.69. The summed E-state index contributed by atoms with van der Waals surface area (Å²) in [5.74, 6) is 0. The van der Waals surface area contributed by atoms with Gasteiger partial charge in [0, 0.05) is 51.0 Å². The van der Waals surface area contributed by atoms with Gasteiger partial charge in [0.2, 0.25) is 0 Å². The molecule has 82 valence electrons. The zero-order valence-corrected chi connectivity index (χ0v) is 9.37. The van der Waals surface area contributed by atoms with Crippen LogP contribution in [0.25, 0.3) is 0 Å². The minimum Gasteiger partial charge on any atom is -0.314 e. The van der Waals surface area contributed by atoms with E-state index in [0.29, 0.717) is 0 Å². The van der Waals surface area contributed by atoms with Crippen molar-refractivity contribution in [1.29, 1.82) is 0 Å². The van der Waals surface area contributed by atoms with Gasteiger partial charge in [-0.2, -0.15) is 0 Å². The predicted octanol–water partition coefficient (Wildman–Crippen LogP) is 0.838. The number of nitrogens with zero attached hydrogens (tertiary/aromatic N) is 2. The second-order valence-electron chi connectivity index (χ2n) is 4.17. The highest BCUT2D eigenvalue weighted by atomic mass is 15.2. The number of pyridine rings is 1. The third-order valence-corrected chi connectivity index (χ3v) is 2.87. The first-order chi connectivity index (χ1) is 7.34. The molecule has 2 rings (SSSR count). The van der Waals surface area contributed by atoms with Crippen molar-refractivity contribution < 1.29 is 0 Å². The van der Waals surface area contributed by atoms with Gasteiger partial charge in [0.1, 0.15) is 0 Å². The fourth-order valence-electron chi connectivity index (χ4n) is 1.94. The van der Waals surface area contributed by atoms with Gasteiger partial charge in [-0.05, 0) is 24.6 Å². The third kappa shape index (κ3) is 3.29. The molecule has 0 unspecified atom stereocenters. The first-order valence-corrected chi connectivity index (χ1v) is 5.69. The van der Waals surface area contributed by atoms with Crippen molar-refractivity contribution in [3.05, 3.63) is 29.6 Å². The molecule has 15 heavy (non-hydrogen) atoms. The van der Waals surface area contributed by atoms with Crippen LogP contribution in [-0.2, 0) is 6.42 Å². The first-order valence-electron chi connectivity index (χ1n) is 5.69. The molecule has 0 bridgehead atoms. The lowest BCUT2D eigenvalue weighted by Gasteiger charge is -2.26. The minimum absolute atomic E-state index is 1.07. The Balaban J connectivity index is 1.81. The zero-order valence-electron chi connectivity index (χ0n) is 9.37. The van der Waals surface area contributed by atoms with Crippen LogP contribution in [0.2, 0.25) is 0 Å². The summed E-state index contributed by atoms with van der Waals surface area (Å²) < 4.78 is 0. The second-order valence-corrected chi connectivity index (χ2v) is 4.17. The third-order valence-electron chi connectivity index (χ3n) is 2.87. The normalized spacial score (nSPS) is 17.9. The van der Waals surface area contributed by atoms with Crippen LogP contribution >= 0.6 is 0 Å². The van der Waals surface area contributed by atoms with E-state index in [9.17, 15) is 0 Å². The van der Waals surface area contributed by atoms with Gasteiger partial charge in [-0.3, -0.25) is 4.98 Å². The SMILES string of the molecule is Cc1ccnc(CCN2CCNCC2)c1. The number of rotatable bonds is 3. The Morgan fingerprint density at radius 1 is 1.40 bits per heavy atom. The Morgan fingerprint density at radius 2 is 2.20 bits per heavy atom. The molecule has 1 aromatic heterocycles. The lowest BCUT2D eigenvalue weighted by atomic mass is 10.2. The zero-order chi connectivity index (χ0) is 10.5. The number of aromatic nitrogens is 1. The molecule has 1 N–H and O–H groups in total. The van der Waals surface area contributed by atoms with Gasteiger partial charge in [-0.25, -0.2) is 0 Å². The summed E-state index contributed by atoms with van der Waals surface area (Å²) >= 11 is 0. The van der Waals surface area contributed by atoms with Gasteiger partial charge in [0.15, 0.2) is 0 Å². The molecule has 1 aliphatic rings. The number of aryl methyl sites for hydroxylation is 1. The predicted molar refractivity (Wildman–Crippen MR) is 62.0 cm³/mol. The summed E-state index contributed by atoms with van der Waals surface area (Å²) in [5.41, 5.74) is 2.52. The summed E-state index contributed by atoms with van der Waals surface area (Å²) in [5, 5.41) is 3.36. The molecule has 0 atom stereocenters. The van der Waals surface area contributed by atoms with E-state index < -0.39 is 0 Å². The van der Waals surface area contributed by atoms with Crippen LogP contribution in [0.5, 0.6) is 0 Å². The van der Waals surface area contributed by atoms with Crippen LogP contribution in [0.1, 0.15) is 11.3 Å². The van der Waals surface area contributed by atoms with E-state index in [0.717, 1.165) is 26.1 Å². The van der Waals surface area contributed by atoms with E-state index in [-0.39, 0.29) is 0 Å². The summed E-state index contributed by atoms with van der Waals surface area (Å²) in [4.78, 5) is 6.88. The summed E-state index contributed by atoms with van der Waals surface area (Å²) in [6, 6.07) is 4.23. The molecule has 1 aliphatic heterocycles. The van der Waals surface area contributed by atoms with E-state index in [1.165, 1.54) is 24.3 Å². The summed E-state index contributed by atoms with van der Waals surface area (Å²) in [7, 11) is 0. The van der Waals surface area contributed by atoms with Gasteiger partial charge >= 0.3 is 0 Å². The standard InChI is InChI=1S/C12H19N3/c1-11-2-4-14-12(10-11)3-7-15-8-5-13-6-9-15/h2,4,10,13H,3,5-9H2,1H3. The van der Waals surface area contributed by atoms with Crippen molar-refractivity contribution in [2.75, 3.05) is 32.7 Å². The molecular weight excluding hydrogens is 186 g/mol. The van der Waals surface area contributed by atoms with Crippen molar-refractivity contribution in [3.8, 4) is 0 Å². The average Bonchev–Trinajstić information content (AvgIpc) is 2.28. The monoisotopic (exact) mass is 205 g/mol. The fourth-order valence-corrected chi connectivity index (χ4v) is 1.94. The van der Waals surface area contributed by atoms with Gasteiger partial charge in [-0.15, -0.1) is 0 Å². The Hall–Kier alpha value is -0.930. The quantitative estimate of drug-likeness (QED) is 0.792. The minimum atomic E-state index is 1.07. The number of nitrogens with one attached hydrogen (secondary N) is 1. The Labute approximate surface area is 91.5 Å². The van der Waals surface area contributed by atoms with Crippen molar-refractivity contribution in [1.82, 2.24) is 15.2 Å². The van der Waals surface area contributed by atoms with Crippen LogP contribution < -0.4 is 5.32 Å². The number of hydrogen-bond acceptors (Lipinski definition) is 3. The highest BCUT2D eigenvalue weighted by Gasteiger charge is 2.08. The lowest BCUT2D eigenvalue weighted by Crippen LogP contribution is -2.44. The smallest absolute Gasteiger partial charge is 0.0418 e. The maximum Gasteiger partial charge on any atom is 0.0418 e. The number of piperazine rings is 1. The summed E-state index contributed by atoms with van der Waals surface area (Å²) in [6.07, 6.45) is 2.98. The second kappa shape index (κ2) is 5.24. The van der Waals surface area contributed by atoms with E-state index >= 15 is 0 Å². The molecule has 1 saturated heterocycles. The lowest BCUT2D eigenvalue weighted by molar-refractivity contribution is 0.243. The van der Waals surface area contributed by atoms with Crippen LogP contribution in [0, 0.1) is 6.92 Å². The van der Waals surface area contributed by atoms with Crippen molar-refractivity contribution in [3.63, 3.8) is 0 Å². The van der Waals surface area contributed by atoms with E-state index in [4.69, 9.17) is 0 Å². The molecule has 0 aliphatic carbocycles. The highest BCUT2D eigenvalue weighted by molar-refractivity contribution is 5.14. The molecule has 2 heterocycles. The van der Waals surface area contributed by atoms with Crippen LogP contribution in [0.4, 0.5) is 0 Å². The molecule has 0 saturated carbocycles. The molecule has 0 spiro atoms. The van der Waals surface area contributed by atoms with Gasteiger partial charge in [0.25, 0.3) is 0 Å². The van der Waals surface area contributed by atoms with Crippen LogP contribution in [-0.4, -0.2) is 42.6 Å². The van der Waals surface area contributed by atoms with Gasteiger partial charge in [-0.1, -0.05) is 0 Å². The molecule has 0 amide bonds. The maximum absolute atomic E-state index is 4.38. The molecule has 1 fully saturated rings. The van der Waals surface area contributed by atoms with Crippen LogP contribution in [0.3, 0.4) is 0 Å².